The molecule has 0 amide bonds. The van der Waals surface area contributed by atoms with E-state index in [9.17, 15) is 4.79 Å². The molecule has 0 aliphatic heterocycles. The summed E-state index contributed by atoms with van der Waals surface area (Å²) in [6.07, 6.45) is -7.84. The first-order valence-electron chi connectivity index (χ1n) is 3.47. The van der Waals surface area contributed by atoms with Gasteiger partial charge >= 0.3 is 63.2 Å². The van der Waals surface area contributed by atoms with Gasteiger partial charge in [0.15, 0.2) is 6.10 Å². The number of aliphatic carboxylic acids is 1. The van der Waals surface area contributed by atoms with E-state index in [0.29, 0.717) is 0 Å². The molecule has 0 saturated carbocycles. The molecule has 78 valence electrons. The Bertz CT molecular complexity index is 181. The molecule has 0 aliphatic rings. The minimum absolute atomic E-state index is 0. The van der Waals surface area contributed by atoms with Crippen LogP contribution in [0.3, 0.4) is 0 Å². The number of aliphatic hydroxyl groups is 5. The van der Waals surface area contributed by atoms with Gasteiger partial charge in [0.25, 0.3) is 0 Å². The van der Waals surface area contributed by atoms with E-state index >= 15 is 0 Å². The van der Waals surface area contributed by atoms with Gasteiger partial charge in [-0.15, -0.1) is 0 Å². The average Bonchev–Trinajstić information content (AvgIpc) is 2.12. The standard InChI is InChI=1S/C6H12O7.Ca.Zn/c7-1-2(8)3(9)4(10)5(11)6(12)13;;/h2-5,7-11H,1H2,(H,12,13);;/q;2*+2/t2-,3-,4+,5-;;/m1../s1. The zero-order valence-corrected chi connectivity index (χ0v) is 13.2. The number of aliphatic hydroxyl groups excluding tert-OH is 5. The molecule has 0 rings (SSSR count). The maximum atomic E-state index is 10.1. The van der Waals surface area contributed by atoms with Gasteiger partial charge in [0.1, 0.15) is 18.3 Å². The van der Waals surface area contributed by atoms with Crippen molar-refractivity contribution in [2.75, 3.05) is 6.61 Å². The van der Waals surface area contributed by atoms with Crippen molar-refractivity contribution < 1.29 is 54.9 Å². The number of hydrogen-bond donors (Lipinski definition) is 6. The first kappa shape index (κ1) is 21.4. The van der Waals surface area contributed by atoms with E-state index in [1.807, 2.05) is 0 Å². The quantitative estimate of drug-likeness (QED) is 0.286. The number of carbonyl (C=O) groups is 1. The van der Waals surface area contributed by atoms with Crippen LogP contribution in [0.2, 0.25) is 0 Å². The fraction of sp³-hybridized carbons (Fsp3) is 0.833. The maximum Gasteiger partial charge on any atom is 2.00 e. The van der Waals surface area contributed by atoms with E-state index in [2.05, 4.69) is 0 Å². The molecule has 0 unspecified atom stereocenters. The van der Waals surface area contributed by atoms with E-state index in [1.54, 1.807) is 0 Å². The van der Waals surface area contributed by atoms with Crippen LogP contribution >= 0.6 is 0 Å². The zero-order valence-electron chi connectivity index (χ0n) is 8.02. The summed E-state index contributed by atoms with van der Waals surface area (Å²) in [5.41, 5.74) is 0. The van der Waals surface area contributed by atoms with Crippen molar-refractivity contribution in [2.24, 2.45) is 0 Å². The summed E-state index contributed by atoms with van der Waals surface area (Å²) in [4.78, 5) is 10.1. The van der Waals surface area contributed by atoms with Crippen molar-refractivity contribution in [1.29, 1.82) is 0 Å². The molecule has 0 aromatic heterocycles. The van der Waals surface area contributed by atoms with Gasteiger partial charge in [-0.3, -0.25) is 0 Å². The van der Waals surface area contributed by atoms with Crippen LogP contribution in [-0.4, -0.2) is 105 Å². The third-order valence-electron chi connectivity index (χ3n) is 1.51. The molecule has 0 heterocycles. The Balaban J connectivity index is -0.000000720. The van der Waals surface area contributed by atoms with Gasteiger partial charge in [-0.1, -0.05) is 0 Å². The first-order chi connectivity index (χ1) is 5.91. The van der Waals surface area contributed by atoms with E-state index < -0.39 is 37.0 Å². The summed E-state index contributed by atoms with van der Waals surface area (Å²) in [7, 11) is 0. The SMILES string of the molecule is O=C(O)[C@H](O)[C@@H](O)[C@H](O)[C@H](O)CO.[Ca+2].[Zn+2]. The second-order valence-electron chi connectivity index (χ2n) is 2.51. The Morgan fingerprint density at radius 2 is 1.47 bits per heavy atom. The van der Waals surface area contributed by atoms with Gasteiger partial charge in [0.2, 0.25) is 0 Å². The van der Waals surface area contributed by atoms with Crippen LogP contribution in [0, 0.1) is 0 Å². The van der Waals surface area contributed by atoms with Crippen LogP contribution in [0.1, 0.15) is 0 Å². The summed E-state index contributed by atoms with van der Waals surface area (Å²) in [6, 6.07) is 0. The molecule has 0 aromatic carbocycles. The van der Waals surface area contributed by atoms with E-state index in [4.69, 9.17) is 30.6 Å². The van der Waals surface area contributed by atoms with Crippen molar-refractivity contribution >= 4 is 43.7 Å². The van der Waals surface area contributed by atoms with Gasteiger partial charge in [-0.05, 0) is 0 Å². The van der Waals surface area contributed by atoms with Crippen LogP contribution in [0.5, 0.6) is 0 Å². The number of carboxylic acid groups (broad SMARTS) is 1. The number of hydrogen-bond acceptors (Lipinski definition) is 6. The smallest absolute Gasteiger partial charge is 0.479 e. The molecule has 6 N–H and O–H groups in total. The molecular weight excluding hydrogens is 290 g/mol. The van der Waals surface area contributed by atoms with E-state index in [-0.39, 0.29) is 57.2 Å². The molecule has 0 radical (unpaired) electrons. The van der Waals surface area contributed by atoms with Crippen molar-refractivity contribution in [3.05, 3.63) is 0 Å². The van der Waals surface area contributed by atoms with Gasteiger partial charge in [-0.2, -0.15) is 0 Å². The molecule has 0 saturated heterocycles. The van der Waals surface area contributed by atoms with Crippen LogP contribution in [0.15, 0.2) is 0 Å². The molecule has 7 nitrogen and oxygen atoms in total. The van der Waals surface area contributed by atoms with Crippen LogP contribution in [-0.2, 0) is 24.3 Å². The summed E-state index contributed by atoms with van der Waals surface area (Å²) >= 11 is 0. The molecule has 0 bridgehead atoms. The Morgan fingerprint density at radius 1 is 1.07 bits per heavy atom. The minimum Gasteiger partial charge on any atom is -0.479 e. The minimum atomic E-state index is -2.20. The van der Waals surface area contributed by atoms with Crippen molar-refractivity contribution in [1.82, 2.24) is 0 Å². The van der Waals surface area contributed by atoms with Crippen LogP contribution in [0.25, 0.3) is 0 Å². The van der Waals surface area contributed by atoms with E-state index in [1.165, 1.54) is 0 Å². The summed E-state index contributed by atoms with van der Waals surface area (Å²) in [5.74, 6) is -1.73. The third kappa shape index (κ3) is 7.15. The Morgan fingerprint density at radius 3 is 1.73 bits per heavy atom. The largest absolute Gasteiger partial charge is 2.00 e. The van der Waals surface area contributed by atoms with Gasteiger partial charge < -0.3 is 30.6 Å². The predicted molar refractivity (Wildman–Crippen MR) is 44.5 cm³/mol. The Kier molecular flexibility index (Phi) is 14.7. The number of rotatable bonds is 5. The van der Waals surface area contributed by atoms with Crippen LogP contribution < -0.4 is 0 Å². The van der Waals surface area contributed by atoms with E-state index in [0.717, 1.165) is 0 Å². The average molecular weight is 302 g/mol. The molecule has 0 spiro atoms. The number of carboxylic acids is 1. The molecule has 0 aliphatic carbocycles. The monoisotopic (exact) mass is 300 g/mol. The molecule has 15 heavy (non-hydrogen) atoms. The third-order valence-corrected chi connectivity index (χ3v) is 1.51. The predicted octanol–water partition coefficient (Wildman–Crippen LogP) is -3.88. The van der Waals surface area contributed by atoms with Gasteiger partial charge in [-0.25, -0.2) is 4.79 Å². The van der Waals surface area contributed by atoms with Crippen molar-refractivity contribution in [3.8, 4) is 0 Å². The molecule has 4 atom stereocenters. The molecule has 0 fully saturated rings. The summed E-state index contributed by atoms with van der Waals surface area (Å²) in [6.45, 7) is -0.843. The maximum absolute atomic E-state index is 10.1. The van der Waals surface area contributed by atoms with Gasteiger partial charge in [0, 0.05) is 0 Å². The topological polar surface area (TPSA) is 138 Å². The van der Waals surface area contributed by atoms with Gasteiger partial charge in [0.05, 0.1) is 6.61 Å². The zero-order chi connectivity index (χ0) is 10.6. The normalized spacial score (nSPS) is 17.7. The Hall–Kier alpha value is 1.15. The molecule has 0 aromatic rings. The summed E-state index contributed by atoms with van der Waals surface area (Å²) in [5, 5.41) is 51.8. The van der Waals surface area contributed by atoms with Crippen LogP contribution in [0.4, 0.5) is 0 Å². The van der Waals surface area contributed by atoms with Crippen molar-refractivity contribution in [3.63, 3.8) is 0 Å². The van der Waals surface area contributed by atoms with Crippen molar-refractivity contribution in [2.45, 2.75) is 24.4 Å². The fourth-order valence-electron chi connectivity index (χ4n) is 0.668. The molecular formula is C6H12CaO7Zn+4. The Labute approximate surface area is 128 Å². The molecule has 9 heteroatoms. The first-order valence-corrected chi connectivity index (χ1v) is 3.47. The summed E-state index contributed by atoms with van der Waals surface area (Å²) < 4.78 is 0. The second-order valence-corrected chi connectivity index (χ2v) is 2.51. The second kappa shape index (κ2) is 10.3. The fourth-order valence-corrected chi connectivity index (χ4v) is 0.668.